The molecule has 10 aliphatic heterocycles. The molecule has 10 heterocycles. The minimum Gasteiger partial charge on any atom is -0.479 e. The third-order valence-corrected chi connectivity index (χ3v) is 22.5. The van der Waals surface area contributed by atoms with Crippen molar-refractivity contribution in [2.45, 2.75) is 374 Å². The van der Waals surface area contributed by atoms with Gasteiger partial charge in [-0.3, -0.25) is 0 Å². The summed E-state index contributed by atoms with van der Waals surface area (Å²) >= 11 is 0. The number of aliphatic carboxylic acids is 3. The van der Waals surface area contributed by atoms with Gasteiger partial charge in [0.25, 0.3) is 0 Å². The molecule has 0 aromatic rings. The van der Waals surface area contributed by atoms with Gasteiger partial charge in [0.2, 0.25) is 0 Å². The molecule has 0 amide bonds. The van der Waals surface area contributed by atoms with Crippen LogP contribution < -0.4 is 0 Å². The SMILES string of the molecule is CC1OC[C@@H](O)[C@H](O)[C@H]1O.CC1OC[C@H](O)[C@H](O)[C@H]1O.CC1OC[C@H](OC2O[C@H](CO)[C@@H](O)[C@H](O)[C@H]2O)[C@H](O)[C@H]1OC1O[C@@H](C)[C@H](O)[C@@H](O)[C@H]1O.CC1O[C@H](C(=O)O)[C@@H](O)[C@H](O)C1O[C@@H]1O[C@H](CO)[C@H](O)[C@H](O)C1O[C@@H]1C[C@@H](C)[C@H](O)[C@@H](O)[C@H]1O.CC1O[C@H](C(=O)O)[C@@H](O)[C@H](O)[C@H]1O.CC1O[C@H](C(=O)O)[C@@H](O)[C@H](O)[C@H]1OC1O[C@H](CO)[C@@H](O)[C@H](O)[C@H]1O. The molecule has 0 aromatic carbocycles. The van der Waals surface area contributed by atoms with E-state index in [1.807, 2.05) is 0 Å². The fourth-order valence-corrected chi connectivity index (χ4v) is 14.4. The van der Waals surface area contributed by atoms with E-state index in [4.69, 9.17) is 122 Å². The van der Waals surface area contributed by atoms with Crippen molar-refractivity contribution >= 4 is 17.9 Å². The van der Waals surface area contributed by atoms with Crippen molar-refractivity contribution in [3.63, 3.8) is 0 Å². The van der Waals surface area contributed by atoms with Gasteiger partial charge in [-0.1, -0.05) is 6.92 Å². The van der Waals surface area contributed by atoms with Gasteiger partial charge < -0.3 is 245 Å². The van der Waals surface area contributed by atoms with Gasteiger partial charge in [0.05, 0.1) is 94.6 Å². The van der Waals surface area contributed by atoms with Crippen LogP contribution in [0.15, 0.2) is 0 Å². The lowest BCUT2D eigenvalue weighted by Gasteiger charge is -2.48. The predicted molar refractivity (Wildman–Crippen MR) is 384 cm³/mol. The Bertz CT molecular complexity index is 3030. The number of carbonyl (C=O) groups is 3. The molecule has 1 saturated carbocycles. The zero-order valence-electron chi connectivity index (χ0n) is 67.0. The highest BCUT2D eigenvalue weighted by Crippen LogP contribution is 2.37. The lowest BCUT2D eigenvalue weighted by atomic mass is 9.81. The highest BCUT2D eigenvalue weighted by molar-refractivity contribution is 5.74. The number of hydrogen-bond donors (Lipinski definition) is 34. The number of aliphatic hydroxyl groups is 31. The van der Waals surface area contributed by atoms with Crippen molar-refractivity contribution in [2.75, 3.05) is 39.6 Å². The molecule has 122 heavy (non-hydrogen) atoms. The second-order valence-electron chi connectivity index (χ2n) is 31.5. The second kappa shape index (κ2) is 47.4. The molecule has 11 unspecified atom stereocenters. The van der Waals surface area contributed by atoms with Crippen molar-refractivity contribution < 1.29 is 259 Å². The van der Waals surface area contributed by atoms with Gasteiger partial charge in [-0.05, 0) is 60.8 Å². The van der Waals surface area contributed by atoms with Crippen LogP contribution in [-0.2, 0) is 85.4 Å². The van der Waals surface area contributed by atoms with E-state index in [2.05, 4.69) is 0 Å². The van der Waals surface area contributed by atoms with Crippen LogP contribution in [0.3, 0.4) is 0 Å². The van der Waals surface area contributed by atoms with Gasteiger partial charge in [0.1, 0.15) is 214 Å². The highest BCUT2D eigenvalue weighted by Gasteiger charge is 2.57. The zero-order chi connectivity index (χ0) is 92.3. The Morgan fingerprint density at radius 1 is 0.246 bits per heavy atom. The van der Waals surface area contributed by atoms with E-state index in [1.165, 1.54) is 27.7 Å². The Balaban J connectivity index is 0.000000240. The summed E-state index contributed by atoms with van der Waals surface area (Å²) in [4.78, 5) is 32.7. The number of hydrogen-bond acceptors (Lipinski definition) is 49. The Labute approximate surface area is 694 Å². The summed E-state index contributed by atoms with van der Waals surface area (Å²) in [5.41, 5.74) is 0. The van der Waals surface area contributed by atoms with Crippen molar-refractivity contribution in [3.05, 3.63) is 0 Å². The Hall–Kier alpha value is -3.43. The van der Waals surface area contributed by atoms with Gasteiger partial charge in [-0.15, -0.1) is 0 Å². The quantitative estimate of drug-likeness (QED) is 0.0682. The standard InChI is InChI=1S/C20H34O14.C18H32O13.C13H22O11.C7H12O6.2C6H12O4/c1-5-3-7(10(23)12(25)9(5)22)32-18-13(26)11(24)8(4-21)33-20(18)34-16-6(2)31-17(19(29)30)15(28)14(16)27;1-5-9(20)12(23)14(25)17(28-5)31-16-6(2)27-4-8(11(16)22)30-18-15(26)13(24)10(21)7(3-19)29-18;1-3-10(7(17)8(18)11(22-3)12(20)21)24-13-9(19)6(16)5(15)4(2-14)23-13;1-2-3(8)4(9)5(10)6(13-2)7(11)12;2*1-3-5(8)6(9)4(7)2-10-3/h5-18,20-28H,3-4H2,1-2H3,(H,29,30);5-26H,3-4H2,1-2H3;3-11,13-19H,2H2,1H3,(H,20,21);2-6,8-10H,1H3,(H,11,12);2*3-9H,2H2,1H3/t5-,6?,7-,8-,9+,10+,11+,12-,13+,14+,15+,16?,17+,18?,20+;5-,6?,7+,8-,9-,10+,11-,12+,13-,14+,15+,16-,17?,18?;3?,4-,5-,6+,7+,8+,9-,10+,11+,13?;2?,3-,4+,5-,6-;3?,4-,5+,6+;3?,4-,5-,6-/m101010/s1. The van der Waals surface area contributed by atoms with Crippen molar-refractivity contribution in [1.29, 1.82) is 0 Å². The summed E-state index contributed by atoms with van der Waals surface area (Å²) in [5, 5.41) is 328. The Kier molecular flexibility index (Phi) is 41.7. The lowest BCUT2D eigenvalue weighted by molar-refractivity contribution is -0.353. The van der Waals surface area contributed by atoms with Crippen LogP contribution >= 0.6 is 0 Å². The summed E-state index contributed by atoms with van der Waals surface area (Å²) < 4.78 is 79.9. The summed E-state index contributed by atoms with van der Waals surface area (Å²) in [6, 6.07) is 0. The lowest BCUT2D eigenvalue weighted by Crippen LogP contribution is -2.66. The Morgan fingerprint density at radius 2 is 0.541 bits per heavy atom. The number of rotatable bonds is 16. The maximum Gasteiger partial charge on any atom is 0.335 e. The van der Waals surface area contributed by atoms with Gasteiger partial charge in [0, 0.05) is 0 Å². The van der Waals surface area contributed by atoms with Crippen molar-refractivity contribution in [1.82, 2.24) is 0 Å². The molecule has 52 atom stereocenters. The third-order valence-electron chi connectivity index (χ3n) is 22.5. The van der Waals surface area contributed by atoms with E-state index in [9.17, 15) is 137 Å². The number of carboxylic acid groups (broad SMARTS) is 3. The minimum absolute atomic E-state index is 0.0689. The molecule has 1 aliphatic carbocycles. The van der Waals surface area contributed by atoms with Crippen LogP contribution in [0, 0.1) is 5.92 Å². The molecular formula is C70H124O52. The number of ether oxygens (including phenoxy) is 15. The predicted octanol–water partition coefficient (Wildman–Crippen LogP) is -18.9. The monoisotopic (exact) mass is 1800 g/mol. The molecule has 10 saturated heterocycles. The van der Waals surface area contributed by atoms with Crippen LogP contribution in [0.25, 0.3) is 0 Å². The smallest absolute Gasteiger partial charge is 0.335 e. The molecule has 716 valence electrons. The minimum atomic E-state index is -1.86. The molecule has 11 fully saturated rings. The average molecular weight is 1800 g/mol. The summed E-state index contributed by atoms with van der Waals surface area (Å²) in [5.74, 6) is -4.80. The van der Waals surface area contributed by atoms with Crippen LogP contribution in [0.2, 0.25) is 0 Å². The first kappa shape index (κ1) is 107. The molecule has 11 rings (SSSR count). The van der Waals surface area contributed by atoms with E-state index in [0.29, 0.717) is 0 Å². The maximum atomic E-state index is 11.3. The van der Waals surface area contributed by atoms with Gasteiger partial charge in [0.15, 0.2) is 43.5 Å². The molecular weight excluding hydrogens is 1670 g/mol. The van der Waals surface area contributed by atoms with E-state index in [0.717, 1.165) is 0 Å². The van der Waals surface area contributed by atoms with E-state index in [-0.39, 0.29) is 26.2 Å². The fraction of sp³-hybridized carbons (Fsp3) is 0.957. The first-order valence-electron chi connectivity index (χ1n) is 39.1. The summed E-state index contributed by atoms with van der Waals surface area (Å²) in [7, 11) is 0. The van der Waals surface area contributed by atoms with E-state index in [1.54, 1.807) is 27.7 Å². The van der Waals surface area contributed by atoms with E-state index < -0.39 is 356 Å². The molecule has 34 N–H and O–H groups in total. The van der Waals surface area contributed by atoms with Crippen molar-refractivity contribution in [3.8, 4) is 0 Å². The molecule has 0 spiro atoms. The van der Waals surface area contributed by atoms with Crippen LogP contribution in [0.1, 0.15) is 61.8 Å². The molecule has 52 nitrogen and oxygen atoms in total. The van der Waals surface area contributed by atoms with Gasteiger partial charge in [-0.25, -0.2) is 14.4 Å². The first-order valence-corrected chi connectivity index (χ1v) is 39.1. The topological polar surface area (TPSA) is 877 Å². The molecule has 0 aromatic heterocycles. The summed E-state index contributed by atoms with van der Waals surface area (Å²) in [6.07, 6.45) is -67.7. The summed E-state index contributed by atoms with van der Waals surface area (Å²) in [6.45, 7) is 10.2. The first-order chi connectivity index (χ1) is 56.8. The number of aliphatic hydroxyl groups excluding tert-OH is 31. The number of carboxylic acids is 3. The highest BCUT2D eigenvalue weighted by atomic mass is 16.8. The third kappa shape index (κ3) is 25.8. The molecule has 52 heteroatoms. The van der Waals surface area contributed by atoms with Crippen LogP contribution in [0.4, 0.5) is 0 Å². The normalized spacial score (nSPS) is 51.1. The van der Waals surface area contributed by atoms with Crippen molar-refractivity contribution in [2.24, 2.45) is 5.92 Å². The van der Waals surface area contributed by atoms with Crippen LogP contribution in [-0.4, -0.2) is 543 Å². The maximum absolute atomic E-state index is 11.3. The second-order valence-corrected chi connectivity index (χ2v) is 31.5. The largest absolute Gasteiger partial charge is 0.479 e. The van der Waals surface area contributed by atoms with E-state index >= 15 is 0 Å². The van der Waals surface area contributed by atoms with Gasteiger partial charge in [-0.2, -0.15) is 0 Å². The van der Waals surface area contributed by atoms with Gasteiger partial charge >= 0.3 is 17.9 Å². The molecule has 11 aliphatic rings. The fourth-order valence-electron chi connectivity index (χ4n) is 14.4. The zero-order valence-corrected chi connectivity index (χ0v) is 67.0. The average Bonchev–Trinajstić information content (AvgIpc) is 0.776. The Morgan fingerprint density at radius 3 is 0.934 bits per heavy atom. The van der Waals surface area contributed by atoms with Crippen LogP contribution in [0.5, 0.6) is 0 Å². The molecule has 0 radical (unpaired) electrons. The molecule has 0 bridgehead atoms.